The van der Waals surface area contributed by atoms with Gasteiger partial charge in [0.15, 0.2) is 0 Å². The van der Waals surface area contributed by atoms with Crippen LogP contribution in [0.2, 0.25) is 0 Å². The molecule has 68 valence electrons. The second-order valence-corrected chi connectivity index (χ2v) is 3.41. The predicted octanol–water partition coefficient (Wildman–Crippen LogP) is 2.84. The Labute approximate surface area is 67.4 Å². The molecule has 0 aromatic heterocycles. The van der Waals surface area contributed by atoms with Gasteiger partial charge in [0.2, 0.25) is 0 Å². The van der Waals surface area contributed by atoms with Crippen molar-refractivity contribution in [2.75, 3.05) is 0 Å². The lowest BCUT2D eigenvalue weighted by Crippen LogP contribution is -1.95. The first-order valence-electron chi connectivity index (χ1n) is 3.36. The first-order valence-corrected chi connectivity index (χ1v) is 4.49. The van der Waals surface area contributed by atoms with Crippen molar-refractivity contribution < 1.29 is 18.7 Å². The zero-order chi connectivity index (χ0) is 9.44. The molecule has 0 bridgehead atoms. The topological polar surface area (TPSA) is 46.5 Å². The van der Waals surface area contributed by atoms with E-state index >= 15 is 0 Å². The molecule has 0 rings (SSSR count). The lowest BCUT2D eigenvalue weighted by molar-refractivity contribution is -0.00917. The van der Waals surface area contributed by atoms with Gasteiger partial charge in [0.1, 0.15) is 4.73 Å². The van der Waals surface area contributed by atoms with Gasteiger partial charge >= 0.3 is 8.25 Å². The van der Waals surface area contributed by atoms with Crippen LogP contribution in [0.15, 0.2) is 0 Å². The van der Waals surface area contributed by atoms with Crippen molar-refractivity contribution in [1.29, 1.82) is 0 Å². The van der Waals surface area contributed by atoms with Gasteiger partial charge in [0.25, 0.3) is 0 Å². The lowest BCUT2D eigenvalue weighted by atomic mass is 10.0. The number of rotatable bonds is 2. The zero-order valence-electron chi connectivity index (χ0n) is 7.24. The van der Waals surface area contributed by atoms with Crippen LogP contribution in [0.4, 0.5) is 4.53 Å². The minimum absolute atomic E-state index is 0.852. The molecule has 0 amide bonds. The summed E-state index contributed by atoms with van der Waals surface area (Å²) in [6.45, 7) is 8.96. The fourth-order valence-electron chi connectivity index (χ4n) is 0. The molecule has 0 aliphatic carbocycles. The molecule has 1 atom stereocenters. The highest BCUT2D eigenvalue weighted by Crippen LogP contribution is 2.12. The smallest absolute Gasteiger partial charge is 0.131 e. The van der Waals surface area contributed by atoms with Crippen molar-refractivity contribution in [3.8, 4) is 0 Å². The third kappa shape index (κ3) is 17.8. The van der Waals surface area contributed by atoms with Crippen molar-refractivity contribution in [3.05, 3.63) is 0 Å². The Morgan fingerprint density at radius 1 is 1.27 bits per heavy atom. The molecule has 11 heavy (non-hydrogen) atoms. The lowest BCUT2D eigenvalue weighted by Gasteiger charge is -2.05. The quantitative estimate of drug-likeness (QED) is 0.673. The Bertz CT molecular complexity index is 100. The van der Waals surface area contributed by atoms with Crippen molar-refractivity contribution in [1.82, 2.24) is 0 Å². The van der Waals surface area contributed by atoms with Crippen molar-refractivity contribution in [2.45, 2.75) is 27.7 Å². The Kier molecular flexibility index (Phi) is 9.90. The van der Waals surface area contributed by atoms with Crippen LogP contribution in [-0.2, 0) is 9.29 Å². The molecule has 0 aliphatic heterocycles. The molecule has 1 N–H and O–H groups in total. The van der Waals surface area contributed by atoms with Crippen molar-refractivity contribution in [3.63, 3.8) is 0 Å². The van der Waals surface area contributed by atoms with Crippen LogP contribution in [-0.4, -0.2) is 4.89 Å². The Morgan fingerprint density at radius 2 is 1.45 bits per heavy atom. The van der Waals surface area contributed by atoms with Gasteiger partial charge in [0.05, 0.1) is 0 Å². The summed E-state index contributed by atoms with van der Waals surface area (Å²) in [6.07, 6.45) is 0. The van der Waals surface area contributed by atoms with Crippen molar-refractivity contribution >= 4 is 8.25 Å². The van der Waals surface area contributed by atoms with Gasteiger partial charge in [-0.25, -0.2) is 0 Å². The van der Waals surface area contributed by atoms with E-state index in [0.717, 1.165) is 11.8 Å². The molecule has 5 heteroatoms. The van der Waals surface area contributed by atoms with Gasteiger partial charge < -0.3 is 0 Å². The fourth-order valence-corrected chi connectivity index (χ4v) is 0. The molecule has 0 aromatic rings. The zero-order valence-corrected chi connectivity index (χ0v) is 8.14. The van der Waals surface area contributed by atoms with E-state index in [1.807, 2.05) is 0 Å². The summed E-state index contributed by atoms with van der Waals surface area (Å²) in [5, 5.41) is 0. The van der Waals surface area contributed by atoms with E-state index in [2.05, 4.69) is 32.4 Å². The average Bonchev–Trinajstić information content (AvgIpc) is 1.89. The van der Waals surface area contributed by atoms with Crippen LogP contribution < -0.4 is 0 Å². The van der Waals surface area contributed by atoms with Crippen LogP contribution in [0, 0.1) is 11.8 Å². The maximum atomic E-state index is 10.1. The first kappa shape index (κ1) is 13.5. The summed E-state index contributed by atoms with van der Waals surface area (Å²) in [4.78, 5) is 7.27. The minimum atomic E-state index is -3.01. The van der Waals surface area contributed by atoms with Gasteiger partial charge in [-0.05, 0) is 11.8 Å². The van der Waals surface area contributed by atoms with Gasteiger partial charge in [-0.15, -0.1) is 4.89 Å². The molecule has 0 aromatic carbocycles. The van der Waals surface area contributed by atoms with E-state index in [4.69, 9.17) is 9.46 Å². The van der Waals surface area contributed by atoms with Gasteiger partial charge in [0, 0.05) is 9.09 Å². The SMILES string of the molecule is CC(C)C(C)C.O=[P+](O)OF. The monoisotopic (exact) mass is 185 g/mol. The largest absolute Gasteiger partial charge is 0.730 e. The predicted molar refractivity (Wildman–Crippen MR) is 41.7 cm³/mol. The molecule has 3 nitrogen and oxygen atoms in total. The number of halogens is 1. The summed E-state index contributed by atoms with van der Waals surface area (Å²) in [6, 6.07) is 0. The second-order valence-electron chi connectivity index (χ2n) is 2.79. The highest BCUT2D eigenvalue weighted by Gasteiger charge is 2.09. The maximum Gasteiger partial charge on any atom is 0.730 e. The van der Waals surface area contributed by atoms with Gasteiger partial charge in [-0.2, -0.15) is 0 Å². The Morgan fingerprint density at radius 3 is 1.45 bits per heavy atom. The molecular weight excluding hydrogens is 170 g/mol. The summed E-state index contributed by atoms with van der Waals surface area (Å²) in [5.41, 5.74) is 0. The van der Waals surface area contributed by atoms with Crippen LogP contribution in [0.25, 0.3) is 0 Å². The molecular formula is C6H15FO3P+. The van der Waals surface area contributed by atoms with E-state index < -0.39 is 8.25 Å². The highest BCUT2D eigenvalue weighted by molar-refractivity contribution is 7.31. The average molecular weight is 185 g/mol. The maximum absolute atomic E-state index is 10.1. The van der Waals surface area contributed by atoms with Crippen LogP contribution >= 0.6 is 8.25 Å². The van der Waals surface area contributed by atoms with Gasteiger partial charge in [-0.3, -0.25) is 0 Å². The summed E-state index contributed by atoms with van der Waals surface area (Å²) in [5.74, 6) is 1.70. The molecule has 0 saturated heterocycles. The van der Waals surface area contributed by atoms with Crippen molar-refractivity contribution in [2.24, 2.45) is 11.8 Å². The van der Waals surface area contributed by atoms with E-state index in [0.29, 0.717) is 0 Å². The van der Waals surface area contributed by atoms with Crippen LogP contribution in [0.1, 0.15) is 27.7 Å². The molecule has 0 aliphatic rings. The second kappa shape index (κ2) is 8.05. The first-order chi connectivity index (χ1) is 4.91. The standard InChI is InChI=1S/C6H14.FO3P/c1-5(2)6(3)4;1-4-5(2)3/h5-6H,1-4H3;/p+1. The fraction of sp³-hybridized carbons (Fsp3) is 1.00. The van der Waals surface area contributed by atoms with E-state index in [-0.39, 0.29) is 0 Å². The number of hydrogen-bond acceptors (Lipinski definition) is 2. The minimum Gasteiger partial charge on any atom is -0.131 e. The number of hydrogen-bond donors (Lipinski definition) is 1. The molecule has 0 saturated carbocycles. The summed E-state index contributed by atoms with van der Waals surface area (Å²) in [7, 11) is -3.01. The van der Waals surface area contributed by atoms with Crippen LogP contribution in [0.5, 0.6) is 0 Å². The van der Waals surface area contributed by atoms with E-state index in [1.54, 1.807) is 0 Å². The summed E-state index contributed by atoms with van der Waals surface area (Å²) < 4.78 is 21.3. The third-order valence-corrected chi connectivity index (χ3v) is 1.51. The van der Waals surface area contributed by atoms with Crippen LogP contribution in [0.3, 0.4) is 0 Å². The molecule has 1 unspecified atom stereocenters. The molecule has 0 radical (unpaired) electrons. The Hall–Kier alpha value is -0.0500. The third-order valence-electron chi connectivity index (χ3n) is 1.39. The van der Waals surface area contributed by atoms with E-state index in [9.17, 15) is 4.53 Å². The Balaban J connectivity index is 0. The van der Waals surface area contributed by atoms with Gasteiger partial charge in [-0.1, -0.05) is 27.7 Å². The molecule has 0 fully saturated rings. The normalized spacial score (nSPS) is 11.1. The molecule has 0 spiro atoms. The van der Waals surface area contributed by atoms with E-state index in [1.165, 1.54) is 0 Å². The highest BCUT2D eigenvalue weighted by atomic mass is 31.1. The summed E-state index contributed by atoms with van der Waals surface area (Å²) >= 11 is 0. The molecule has 0 heterocycles.